The fourth-order valence-corrected chi connectivity index (χ4v) is 2.22. The normalized spacial score (nSPS) is 10.7. The molecule has 0 unspecified atom stereocenters. The molecule has 1 aromatic heterocycles. The van der Waals surface area contributed by atoms with E-state index in [1.807, 2.05) is 24.3 Å². The molecule has 112 valence electrons. The number of nitrogens with one attached hydrogen (secondary N) is 1. The first-order chi connectivity index (χ1) is 10.2. The van der Waals surface area contributed by atoms with E-state index in [1.54, 1.807) is 7.11 Å². The highest BCUT2D eigenvalue weighted by atomic mass is 16.5. The van der Waals surface area contributed by atoms with Crippen LogP contribution in [0.2, 0.25) is 0 Å². The number of pyridine rings is 1. The van der Waals surface area contributed by atoms with E-state index < -0.39 is 0 Å². The van der Waals surface area contributed by atoms with Crippen molar-refractivity contribution in [1.82, 2.24) is 9.88 Å². The summed E-state index contributed by atoms with van der Waals surface area (Å²) < 4.78 is 5.18. The number of nitrogens with zero attached hydrogens (tertiary/aromatic N) is 2. The van der Waals surface area contributed by atoms with Crippen LogP contribution in [0.1, 0.15) is 18.2 Å². The molecule has 0 aliphatic heterocycles. The monoisotopic (exact) mass is 285 g/mol. The molecule has 2 rings (SSSR count). The topological polar surface area (TPSA) is 37.4 Å². The number of anilines is 1. The van der Waals surface area contributed by atoms with E-state index in [0.717, 1.165) is 36.9 Å². The third-order valence-electron chi connectivity index (χ3n) is 3.21. The van der Waals surface area contributed by atoms with Gasteiger partial charge in [-0.25, -0.2) is 4.98 Å². The zero-order valence-electron chi connectivity index (χ0n) is 13.0. The van der Waals surface area contributed by atoms with Crippen LogP contribution in [-0.4, -0.2) is 30.6 Å². The van der Waals surface area contributed by atoms with Crippen LogP contribution < -0.4 is 10.1 Å². The van der Waals surface area contributed by atoms with Crippen LogP contribution in [-0.2, 0) is 13.1 Å². The molecule has 0 aliphatic rings. The van der Waals surface area contributed by atoms with Crippen molar-refractivity contribution < 1.29 is 4.74 Å². The molecule has 2 aromatic rings. The third kappa shape index (κ3) is 4.76. The van der Waals surface area contributed by atoms with Gasteiger partial charge in [0, 0.05) is 19.6 Å². The van der Waals surface area contributed by atoms with Gasteiger partial charge in [-0.05, 0) is 43.8 Å². The van der Waals surface area contributed by atoms with E-state index in [0.29, 0.717) is 0 Å². The van der Waals surface area contributed by atoms with Crippen molar-refractivity contribution in [3.05, 3.63) is 53.7 Å². The third-order valence-corrected chi connectivity index (χ3v) is 3.21. The number of methoxy groups -OCH3 is 1. The van der Waals surface area contributed by atoms with Gasteiger partial charge < -0.3 is 10.1 Å². The van der Waals surface area contributed by atoms with Crippen LogP contribution in [0.5, 0.6) is 5.75 Å². The summed E-state index contributed by atoms with van der Waals surface area (Å²) in [4.78, 5) is 6.85. The average Bonchev–Trinajstić information content (AvgIpc) is 2.48. The summed E-state index contributed by atoms with van der Waals surface area (Å²) in [5.41, 5.74) is 2.34. The van der Waals surface area contributed by atoms with Gasteiger partial charge in [-0.3, -0.25) is 4.90 Å². The molecule has 0 atom stereocenters. The number of aromatic nitrogens is 1. The zero-order valence-corrected chi connectivity index (χ0v) is 13.0. The van der Waals surface area contributed by atoms with Gasteiger partial charge in [0.05, 0.1) is 12.8 Å². The predicted octanol–water partition coefficient (Wildman–Crippen LogP) is 3.15. The predicted molar refractivity (Wildman–Crippen MR) is 86.6 cm³/mol. The SMILES string of the molecule is CCNc1cccc(CN(C)Cc2ccc(OC)cc2)n1. The second kappa shape index (κ2) is 7.64. The van der Waals surface area contributed by atoms with Crippen molar-refractivity contribution in [2.45, 2.75) is 20.0 Å². The lowest BCUT2D eigenvalue weighted by molar-refractivity contribution is 0.315. The van der Waals surface area contributed by atoms with Gasteiger partial charge in [0.25, 0.3) is 0 Å². The first-order valence-electron chi connectivity index (χ1n) is 7.22. The molecule has 0 spiro atoms. The molecule has 21 heavy (non-hydrogen) atoms. The minimum absolute atomic E-state index is 0.825. The summed E-state index contributed by atoms with van der Waals surface area (Å²) in [6, 6.07) is 14.3. The molecule has 1 aromatic carbocycles. The van der Waals surface area contributed by atoms with Crippen molar-refractivity contribution in [2.24, 2.45) is 0 Å². The number of hydrogen-bond acceptors (Lipinski definition) is 4. The Kier molecular flexibility index (Phi) is 5.58. The lowest BCUT2D eigenvalue weighted by Crippen LogP contribution is -2.18. The van der Waals surface area contributed by atoms with E-state index >= 15 is 0 Å². The van der Waals surface area contributed by atoms with Crippen LogP contribution in [0, 0.1) is 0 Å². The number of rotatable bonds is 7. The van der Waals surface area contributed by atoms with Crippen LogP contribution in [0.25, 0.3) is 0 Å². The van der Waals surface area contributed by atoms with Gasteiger partial charge in [0.1, 0.15) is 11.6 Å². The fraction of sp³-hybridized carbons (Fsp3) is 0.353. The molecule has 1 N–H and O–H groups in total. The lowest BCUT2D eigenvalue weighted by atomic mass is 10.2. The Balaban J connectivity index is 1.94. The lowest BCUT2D eigenvalue weighted by Gasteiger charge is -2.17. The summed E-state index contributed by atoms with van der Waals surface area (Å²) in [6.45, 7) is 4.67. The smallest absolute Gasteiger partial charge is 0.126 e. The largest absolute Gasteiger partial charge is 0.497 e. The van der Waals surface area contributed by atoms with Crippen molar-refractivity contribution >= 4 is 5.82 Å². The molecule has 4 nitrogen and oxygen atoms in total. The Labute approximate surface area is 126 Å². The van der Waals surface area contributed by atoms with E-state index in [9.17, 15) is 0 Å². The van der Waals surface area contributed by atoms with Crippen molar-refractivity contribution in [3.63, 3.8) is 0 Å². The van der Waals surface area contributed by atoms with Gasteiger partial charge in [-0.1, -0.05) is 18.2 Å². The van der Waals surface area contributed by atoms with E-state index in [1.165, 1.54) is 5.56 Å². The molecule has 0 fully saturated rings. The summed E-state index contributed by atoms with van der Waals surface area (Å²) in [5.74, 6) is 1.83. The molecule has 0 saturated heterocycles. The van der Waals surface area contributed by atoms with Crippen molar-refractivity contribution in [1.29, 1.82) is 0 Å². The number of benzene rings is 1. The van der Waals surface area contributed by atoms with Gasteiger partial charge in [-0.15, -0.1) is 0 Å². The Morgan fingerprint density at radius 1 is 1.10 bits per heavy atom. The minimum atomic E-state index is 0.825. The highest BCUT2D eigenvalue weighted by Gasteiger charge is 2.04. The highest BCUT2D eigenvalue weighted by molar-refractivity contribution is 5.35. The second-order valence-electron chi connectivity index (χ2n) is 5.06. The Morgan fingerprint density at radius 2 is 1.86 bits per heavy atom. The minimum Gasteiger partial charge on any atom is -0.497 e. The van der Waals surface area contributed by atoms with Crippen LogP contribution in [0.4, 0.5) is 5.82 Å². The molecule has 0 saturated carbocycles. The quantitative estimate of drug-likeness (QED) is 0.848. The molecule has 1 heterocycles. The molecule has 0 bridgehead atoms. The summed E-state index contributed by atoms with van der Waals surface area (Å²) >= 11 is 0. The van der Waals surface area contributed by atoms with Crippen molar-refractivity contribution in [2.75, 3.05) is 26.0 Å². The Hall–Kier alpha value is -2.07. The van der Waals surface area contributed by atoms with Crippen LogP contribution >= 0.6 is 0 Å². The van der Waals surface area contributed by atoms with Crippen molar-refractivity contribution in [3.8, 4) is 5.75 Å². The van der Waals surface area contributed by atoms with Gasteiger partial charge in [-0.2, -0.15) is 0 Å². The van der Waals surface area contributed by atoms with Gasteiger partial charge in [0.15, 0.2) is 0 Å². The maximum atomic E-state index is 5.18. The van der Waals surface area contributed by atoms with Crippen LogP contribution in [0.3, 0.4) is 0 Å². The summed E-state index contributed by atoms with van der Waals surface area (Å²) in [5, 5.41) is 3.24. The summed E-state index contributed by atoms with van der Waals surface area (Å²) in [6.07, 6.45) is 0. The highest BCUT2D eigenvalue weighted by Crippen LogP contribution is 2.14. The molecule has 4 heteroatoms. The van der Waals surface area contributed by atoms with E-state index in [4.69, 9.17) is 4.74 Å². The number of ether oxygens (including phenoxy) is 1. The maximum absolute atomic E-state index is 5.18. The van der Waals surface area contributed by atoms with E-state index in [2.05, 4.69) is 47.4 Å². The first-order valence-corrected chi connectivity index (χ1v) is 7.22. The molecule has 0 radical (unpaired) electrons. The standard InChI is InChI=1S/C17H23N3O/c1-4-18-17-7-5-6-15(19-17)13-20(2)12-14-8-10-16(21-3)11-9-14/h5-11H,4,12-13H2,1-3H3,(H,18,19). The fourth-order valence-electron chi connectivity index (χ4n) is 2.22. The summed E-state index contributed by atoms with van der Waals surface area (Å²) in [7, 11) is 3.79. The first kappa shape index (κ1) is 15.3. The molecular formula is C17H23N3O. The second-order valence-corrected chi connectivity index (χ2v) is 5.06. The Morgan fingerprint density at radius 3 is 2.52 bits per heavy atom. The van der Waals surface area contributed by atoms with E-state index in [-0.39, 0.29) is 0 Å². The maximum Gasteiger partial charge on any atom is 0.126 e. The molecule has 0 amide bonds. The number of hydrogen-bond donors (Lipinski definition) is 1. The average molecular weight is 285 g/mol. The molecular weight excluding hydrogens is 262 g/mol. The van der Waals surface area contributed by atoms with Gasteiger partial charge in [0.2, 0.25) is 0 Å². The van der Waals surface area contributed by atoms with Gasteiger partial charge >= 0.3 is 0 Å². The Bertz CT molecular complexity index is 554. The molecule has 0 aliphatic carbocycles. The van der Waals surface area contributed by atoms with Crippen LogP contribution in [0.15, 0.2) is 42.5 Å². The zero-order chi connectivity index (χ0) is 15.1.